The zero-order valence-corrected chi connectivity index (χ0v) is 6.54. The van der Waals surface area contributed by atoms with Crippen molar-refractivity contribution in [3.05, 3.63) is 0 Å². The van der Waals surface area contributed by atoms with Crippen molar-refractivity contribution in [2.45, 2.75) is 32.2 Å². The number of aliphatic carboxylic acids is 1. The van der Waals surface area contributed by atoms with E-state index in [2.05, 4.69) is 0 Å². The number of carboxylic acids is 1. The molecule has 0 heterocycles. The minimum atomic E-state index is -0.913. The molecule has 64 valence electrons. The third-order valence-electron chi connectivity index (χ3n) is 1.43. The number of carbonyl (C=O) groups excluding carboxylic acids is 1. The quantitative estimate of drug-likeness (QED) is 0.598. The fraction of sp³-hybridized carbons (Fsp3) is 0.714. The first-order valence-electron chi connectivity index (χ1n) is 3.58. The molecule has 1 atom stereocenters. The summed E-state index contributed by atoms with van der Waals surface area (Å²) in [6.07, 6.45) is 0.579. The van der Waals surface area contributed by atoms with Gasteiger partial charge in [-0.1, -0.05) is 6.92 Å². The molecule has 4 heteroatoms. The van der Waals surface area contributed by atoms with Crippen LogP contribution in [0.4, 0.5) is 0 Å². The highest BCUT2D eigenvalue weighted by molar-refractivity contribution is 5.83. The smallest absolute Gasteiger partial charge is 0.303 e. The highest BCUT2D eigenvalue weighted by Crippen LogP contribution is 1.97. The topological polar surface area (TPSA) is 80.4 Å². The van der Waals surface area contributed by atoms with Gasteiger partial charge in [0.25, 0.3) is 0 Å². The molecule has 0 aliphatic rings. The van der Waals surface area contributed by atoms with Crippen molar-refractivity contribution in [2.75, 3.05) is 0 Å². The van der Waals surface area contributed by atoms with Gasteiger partial charge in [0.1, 0.15) is 5.78 Å². The van der Waals surface area contributed by atoms with Gasteiger partial charge in [0.15, 0.2) is 0 Å². The second-order valence-electron chi connectivity index (χ2n) is 2.36. The van der Waals surface area contributed by atoms with Crippen molar-refractivity contribution in [1.82, 2.24) is 0 Å². The van der Waals surface area contributed by atoms with Gasteiger partial charge in [-0.05, 0) is 6.42 Å². The minimum absolute atomic E-state index is 0.0348. The van der Waals surface area contributed by atoms with E-state index in [0.717, 1.165) is 0 Å². The summed E-state index contributed by atoms with van der Waals surface area (Å²) in [6.45, 7) is 1.71. The van der Waals surface area contributed by atoms with Crippen LogP contribution < -0.4 is 5.73 Å². The van der Waals surface area contributed by atoms with E-state index < -0.39 is 12.0 Å². The maximum atomic E-state index is 10.8. The summed E-state index contributed by atoms with van der Waals surface area (Å²) >= 11 is 0. The van der Waals surface area contributed by atoms with Gasteiger partial charge < -0.3 is 10.8 Å². The molecule has 0 bridgehead atoms. The molecule has 0 unspecified atom stereocenters. The fourth-order valence-corrected chi connectivity index (χ4v) is 0.702. The maximum Gasteiger partial charge on any atom is 0.303 e. The summed E-state index contributed by atoms with van der Waals surface area (Å²) in [5.74, 6) is -0.990. The van der Waals surface area contributed by atoms with Crippen LogP contribution in [0.5, 0.6) is 0 Å². The van der Waals surface area contributed by atoms with E-state index in [9.17, 15) is 9.59 Å². The molecule has 0 amide bonds. The van der Waals surface area contributed by atoms with E-state index in [4.69, 9.17) is 10.8 Å². The van der Waals surface area contributed by atoms with Crippen molar-refractivity contribution in [3.63, 3.8) is 0 Å². The average Bonchev–Trinajstić information content (AvgIpc) is 1.98. The number of hydrogen-bond donors (Lipinski definition) is 2. The van der Waals surface area contributed by atoms with Crippen LogP contribution in [0.15, 0.2) is 0 Å². The summed E-state index contributed by atoms with van der Waals surface area (Å²) in [5.41, 5.74) is 5.36. The molecular weight excluding hydrogens is 146 g/mol. The number of hydrogen-bond acceptors (Lipinski definition) is 3. The van der Waals surface area contributed by atoms with Crippen LogP contribution in [0.1, 0.15) is 26.2 Å². The van der Waals surface area contributed by atoms with Crippen LogP contribution in [0.2, 0.25) is 0 Å². The molecule has 0 fully saturated rings. The lowest BCUT2D eigenvalue weighted by atomic mass is 10.1. The predicted octanol–water partition coefficient (Wildman–Crippen LogP) is 0.158. The van der Waals surface area contributed by atoms with Crippen LogP contribution in [-0.4, -0.2) is 22.9 Å². The Balaban J connectivity index is 3.60. The van der Waals surface area contributed by atoms with Crippen LogP contribution in [0.3, 0.4) is 0 Å². The highest BCUT2D eigenvalue weighted by atomic mass is 16.4. The van der Waals surface area contributed by atoms with Gasteiger partial charge >= 0.3 is 5.97 Å². The summed E-state index contributed by atoms with van der Waals surface area (Å²) < 4.78 is 0. The Morgan fingerprint density at radius 2 is 2.09 bits per heavy atom. The Bertz CT molecular complexity index is 156. The van der Waals surface area contributed by atoms with Gasteiger partial charge in [0, 0.05) is 12.8 Å². The van der Waals surface area contributed by atoms with E-state index in [0.29, 0.717) is 6.42 Å². The van der Waals surface area contributed by atoms with Gasteiger partial charge in [-0.15, -0.1) is 0 Å². The minimum Gasteiger partial charge on any atom is -0.481 e. The molecule has 0 saturated carbocycles. The lowest BCUT2D eigenvalue weighted by Crippen LogP contribution is -2.30. The monoisotopic (exact) mass is 159 g/mol. The molecule has 0 aliphatic heterocycles. The molecule has 0 rings (SSSR count). The zero-order valence-electron chi connectivity index (χ0n) is 6.54. The lowest BCUT2D eigenvalue weighted by molar-refractivity contribution is -0.137. The third kappa shape index (κ3) is 4.50. The molecule has 0 aromatic heterocycles. The molecule has 0 aromatic carbocycles. The van der Waals surface area contributed by atoms with Crippen molar-refractivity contribution in [1.29, 1.82) is 0 Å². The van der Waals surface area contributed by atoms with Gasteiger partial charge in [-0.25, -0.2) is 0 Å². The van der Waals surface area contributed by atoms with E-state index in [-0.39, 0.29) is 18.6 Å². The predicted molar refractivity (Wildman–Crippen MR) is 40.1 cm³/mol. The van der Waals surface area contributed by atoms with Crippen LogP contribution >= 0.6 is 0 Å². The largest absolute Gasteiger partial charge is 0.481 e. The van der Waals surface area contributed by atoms with Crippen molar-refractivity contribution in [3.8, 4) is 0 Å². The molecule has 0 aliphatic carbocycles. The summed E-state index contributed by atoms with van der Waals surface area (Å²) in [4.78, 5) is 20.9. The van der Waals surface area contributed by atoms with Gasteiger partial charge in [-0.3, -0.25) is 9.59 Å². The van der Waals surface area contributed by atoms with Gasteiger partial charge in [0.2, 0.25) is 0 Å². The first kappa shape index (κ1) is 10.1. The lowest BCUT2D eigenvalue weighted by Gasteiger charge is -2.05. The molecule has 4 nitrogen and oxygen atoms in total. The second-order valence-corrected chi connectivity index (χ2v) is 2.36. The Morgan fingerprint density at radius 1 is 1.55 bits per heavy atom. The van der Waals surface area contributed by atoms with E-state index >= 15 is 0 Å². The van der Waals surface area contributed by atoms with Crippen molar-refractivity contribution in [2.24, 2.45) is 5.73 Å². The SMILES string of the molecule is CCC(=O)[C@@H](N)CCC(=O)O. The Labute approximate surface area is 65.4 Å². The maximum absolute atomic E-state index is 10.8. The molecular formula is C7H13NO3. The third-order valence-corrected chi connectivity index (χ3v) is 1.43. The van der Waals surface area contributed by atoms with Crippen LogP contribution in [-0.2, 0) is 9.59 Å². The molecule has 3 N–H and O–H groups in total. The molecule has 0 aromatic rings. The Kier molecular flexibility index (Phi) is 4.45. The molecule has 0 saturated heterocycles. The molecule has 11 heavy (non-hydrogen) atoms. The Hall–Kier alpha value is -0.900. The summed E-state index contributed by atoms with van der Waals surface area (Å²) in [5, 5.41) is 8.25. The molecule has 0 radical (unpaired) electrons. The average molecular weight is 159 g/mol. The standard InChI is InChI=1S/C7H13NO3/c1-2-6(9)5(8)3-4-7(10)11/h5H,2-4,8H2,1H3,(H,10,11)/t5-/m0/s1. The van der Waals surface area contributed by atoms with Crippen LogP contribution in [0.25, 0.3) is 0 Å². The number of Topliss-reactive ketones (excluding diaryl/α,β-unsaturated/α-hetero) is 1. The van der Waals surface area contributed by atoms with Crippen molar-refractivity contribution < 1.29 is 14.7 Å². The normalized spacial score (nSPS) is 12.5. The number of nitrogens with two attached hydrogens (primary N) is 1. The molecule has 0 spiro atoms. The van der Waals surface area contributed by atoms with Gasteiger partial charge in [0.05, 0.1) is 6.04 Å². The second kappa shape index (κ2) is 4.85. The van der Waals surface area contributed by atoms with Gasteiger partial charge in [-0.2, -0.15) is 0 Å². The number of rotatable bonds is 5. The number of carbonyl (C=O) groups is 2. The summed E-state index contributed by atoms with van der Waals surface area (Å²) in [6, 6.07) is -0.601. The van der Waals surface area contributed by atoms with E-state index in [1.165, 1.54) is 0 Å². The Morgan fingerprint density at radius 3 is 2.45 bits per heavy atom. The highest BCUT2D eigenvalue weighted by Gasteiger charge is 2.11. The van der Waals surface area contributed by atoms with Crippen molar-refractivity contribution >= 4 is 11.8 Å². The first-order chi connectivity index (χ1) is 5.07. The fourth-order valence-electron chi connectivity index (χ4n) is 0.702. The first-order valence-corrected chi connectivity index (χ1v) is 3.58. The zero-order chi connectivity index (χ0) is 8.85. The van der Waals surface area contributed by atoms with Crippen LogP contribution in [0, 0.1) is 0 Å². The number of carboxylic acid groups (broad SMARTS) is 1. The van der Waals surface area contributed by atoms with E-state index in [1.807, 2.05) is 0 Å². The van der Waals surface area contributed by atoms with E-state index in [1.54, 1.807) is 6.92 Å². The summed E-state index contributed by atoms with van der Waals surface area (Å²) in [7, 11) is 0. The number of ketones is 1.